The van der Waals surface area contributed by atoms with E-state index in [2.05, 4.69) is 42.5 Å². The first kappa shape index (κ1) is 26.0. The Labute approximate surface area is 219 Å². The third kappa shape index (κ3) is 6.94. The molecule has 3 rings (SSSR count). The molecular formula is C26H21Br2N3O4. The van der Waals surface area contributed by atoms with Gasteiger partial charge in [0.25, 0.3) is 11.8 Å². The van der Waals surface area contributed by atoms with Gasteiger partial charge in [0.1, 0.15) is 23.1 Å². The van der Waals surface area contributed by atoms with Crippen LogP contribution in [-0.2, 0) is 9.59 Å². The van der Waals surface area contributed by atoms with Gasteiger partial charge in [-0.2, -0.15) is 5.26 Å². The monoisotopic (exact) mass is 597 g/mol. The number of phenolic OH excluding ortho intramolecular Hbond substituents is 1. The van der Waals surface area contributed by atoms with Crippen molar-refractivity contribution in [3.63, 3.8) is 0 Å². The number of phenols is 1. The molecule has 3 aromatic carbocycles. The number of ether oxygens (including phenoxy) is 1. The largest absolute Gasteiger partial charge is 0.508 e. The Balaban J connectivity index is 1.70. The van der Waals surface area contributed by atoms with Gasteiger partial charge >= 0.3 is 0 Å². The Hall–Kier alpha value is -3.61. The van der Waals surface area contributed by atoms with Crippen LogP contribution in [0, 0.1) is 25.2 Å². The summed E-state index contributed by atoms with van der Waals surface area (Å²) in [7, 11) is 0. The number of nitrogens with zero attached hydrogens (tertiary/aromatic N) is 1. The average Bonchev–Trinajstić information content (AvgIpc) is 2.81. The lowest BCUT2D eigenvalue weighted by Crippen LogP contribution is -2.21. The van der Waals surface area contributed by atoms with Crippen LogP contribution in [0.1, 0.15) is 16.7 Å². The zero-order valence-electron chi connectivity index (χ0n) is 18.9. The van der Waals surface area contributed by atoms with Crippen molar-refractivity contribution < 1.29 is 19.4 Å². The Morgan fingerprint density at radius 1 is 1.06 bits per heavy atom. The molecule has 0 saturated carbocycles. The number of nitrogens with one attached hydrogen (secondary N) is 2. The van der Waals surface area contributed by atoms with E-state index in [1.165, 1.54) is 30.3 Å². The zero-order chi connectivity index (χ0) is 25.5. The third-order valence-electron chi connectivity index (χ3n) is 5.05. The fraction of sp³-hybridized carbons (Fsp3) is 0.115. The second kappa shape index (κ2) is 11.7. The highest BCUT2D eigenvalue weighted by molar-refractivity contribution is 9.11. The molecule has 3 aromatic rings. The molecule has 9 heteroatoms. The van der Waals surface area contributed by atoms with Crippen molar-refractivity contribution in [2.24, 2.45) is 0 Å². The Morgan fingerprint density at radius 3 is 2.34 bits per heavy atom. The molecule has 178 valence electrons. The smallest absolute Gasteiger partial charge is 0.266 e. The summed E-state index contributed by atoms with van der Waals surface area (Å²) >= 11 is 6.84. The maximum Gasteiger partial charge on any atom is 0.266 e. The molecule has 0 heterocycles. The Morgan fingerprint density at radius 2 is 1.71 bits per heavy atom. The van der Waals surface area contributed by atoms with Gasteiger partial charge in [-0.3, -0.25) is 9.59 Å². The lowest BCUT2D eigenvalue weighted by atomic mass is 10.1. The summed E-state index contributed by atoms with van der Waals surface area (Å²) in [5.41, 5.74) is 3.69. The molecule has 0 unspecified atom stereocenters. The number of anilines is 2. The van der Waals surface area contributed by atoms with Gasteiger partial charge < -0.3 is 20.5 Å². The number of hydrogen-bond acceptors (Lipinski definition) is 5. The molecule has 0 aliphatic carbocycles. The fourth-order valence-electron chi connectivity index (χ4n) is 3.07. The number of aromatic hydroxyl groups is 1. The predicted molar refractivity (Wildman–Crippen MR) is 142 cm³/mol. The molecule has 0 aliphatic rings. The molecule has 0 saturated heterocycles. The fourth-order valence-corrected chi connectivity index (χ4v) is 4.52. The number of halogens is 2. The van der Waals surface area contributed by atoms with Crippen LogP contribution in [0.4, 0.5) is 11.4 Å². The molecule has 0 fully saturated rings. The van der Waals surface area contributed by atoms with Crippen LogP contribution < -0.4 is 15.4 Å². The summed E-state index contributed by atoms with van der Waals surface area (Å²) in [5.74, 6) is -0.419. The van der Waals surface area contributed by atoms with Crippen molar-refractivity contribution in [1.29, 1.82) is 5.26 Å². The molecule has 3 N–H and O–H groups in total. The lowest BCUT2D eigenvalue weighted by Gasteiger charge is -2.13. The van der Waals surface area contributed by atoms with Gasteiger partial charge in [0.2, 0.25) is 0 Å². The van der Waals surface area contributed by atoms with Gasteiger partial charge in [0.05, 0.1) is 8.95 Å². The van der Waals surface area contributed by atoms with E-state index in [0.29, 0.717) is 25.9 Å². The molecule has 0 spiro atoms. The second-order valence-corrected chi connectivity index (χ2v) is 9.28. The number of carbonyl (C=O) groups excluding carboxylic acids is 2. The molecule has 0 bridgehead atoms. The van der Waals surface area contributed by atoms with Gasteiger partial charge in [-0.1, -0.05) is 12.1 Å². The number of amides is 2. The van der Waals surface area contributed by atoms with Crippen LogP contribution in [0.3, 0.4) is 0 Å². The first-order chi connectivity index (χ1) is 16.7. The van der Waals surface area contributed by atoms with Crippen molar-refractivity contribution in [3.8, 4) is 17.6 Å². The second-order valence-electron chi connectivity index (χ2n) is 7.57. The first-order valence-electron chi connectivity index (χ1n) is 10.4. The number of rotatable bonds is 7. The lowest BCUT2D eigenvalue weighted by molar-refractivity contribution is -0.118. The number of carbonyl (C=O) groups is 2. The minimum atomic E-state index is -0.589. The molecular weight excluding hydrogens is 578 g/mol. The van der Waals surface area contributed by atoms with E-state index in [0.717, 1.165) is 16.8 Å². The van der Waals surface area contributed by atoms with Gasteiger partial charge in [-0.05, 0) is 111 Å². The first-order valence-corrected chi connectivity index (χ1v) is 12.0. The number of benzene rings is 3. The van der Waals surface area contributed by atoms with E-state index in [9.17, 15) is 20.0 Å². The molecule has 2 amide bonds. The van der Waals surface area contributed by atoms with Crippen LogP contribution in [0.25, 0.3) is 6.08 Å². The van der Waals surface area contributed by atoms with Crippen LogP contribution in [0.2, 0.25) is 0 Å². The van der Waals surface area contributed by atoms with Gasteiger partial charge in [-0.15, -0.1) is 0 Å². The van der Waals surface area contributed by atoms with E-state index >= 15 is 0 Å². The van der Waals surface area contributed by atoms with Gasteiger partial charge in [0.15, 0.2) is 6.61 Å². The van der Waals surface area contributed by atoms with Crippen molar-refractivity contribution in [3.05, 3.63) is 85.8 Å². The van der Waals surface area contributed by atoms with Crippen LogP contribution in [-0.4, -0.2) is 23.5 Å². The average molecular weight is 599 g/mol. The van der Waals surface area contributed by atoms with E-state index < -0.39 is 5.91 Å². The molecule has 0 aromatic heterocycles. The topological polar surface area (TPSA) is 111 Å². The summed E-state index contributed by atoms with van der Waals surface area (Å²) < 4.78 is 6.77. The highest BCUT2D eigenvalue weighted by Crippen LogP contribution is 2.35. The van der Waals surface area contributed by atoms with Crippen molar-refractivity contribution in [2.45, 2.75) is 13.8 Å². The number of nitriles is 1. The highest BCUT2D eigenvalue weighted by Gasteiger charge is 2.14. The van der Waals surface area contributed by atoms with Crippen LogP contribution in [0.5, 0.6) is 11.5 Å². The Bertz CT molecular complexity index is 1320. The normalized spacial score (nSPS) is 10.9. The van der Waals surface area contributed by atoms with E-state index in [-0.39, 0.29) is 23.8 Å². The van der Waals surface area contributed by atoms with E-state index in [1.807, 2.05) is 38.1 Å². The highest BCUT2D eigenvalue weighted by atomic mass is 79.9. The van der Waals surface area contributed by atoms with E-state index in [1.54, 1.807) is 12.1 Å². The number of hydrogen-bond donors (Lipinski definition) is 3. The maximum atomic E-state index is 12.5. The van der Waals surface area contributed by atoms with Gasteiger partial charge in [0, 0.05) is 11.4 Å². The molecule has 0 atom stereocenters. The van der Waals surface area contributed by atoms with E-state index in [4.69, 9.17) is 4.74 Å². The standard InChI is InChI=1S/C26H21Br2N3O4/c1-15-4-3-5-23(16(15)2)31-24(33)14-35-25-21(27)11-17(12-22(25)28)10-18(13-29)26(34)30-19-6-8-20(32)9-7-19/h3-12,32H,14H2,1-2H3,(H,30,34)(H,31,33)/b18-10+. The van der Waals surface area contributed by atoms with Crippen LogP contribution in [0.15, 0.2) is 69.1 Å². The predicted octanol–water partition coefficient (Wildman–Crippen LogP) is 6.10. The minimum absolute atomic E-state index is 0.0683. The summed E-state index contributed by atoms with van der Waals surface area (Å²) in [5, 5.41) is 24.3. The third-order valence-corrected chi connectivity index (χ3v) is 6.23. The molecule has 0 aliphatic heterocycles. The summed E-state index contributed by atoms with van der Waals surface area (Å²) in [6, 6.07) is 16.8. The molecule has 0 radical (unpaired) electrons. The summed E-state index contributed by atoms with van der Waals surface area (Å²) in [4.78, 5) is 24.9. The van der Waals surface area contributed by atoms with Crippen molar-refractivity contribution in [1.82, 2.24) is 0 Å². The minimum Gasteiger partial charge on any atom is -0.508 e. The van der Waals surface area contributed by atoms with Gasteiger partial charge in [-0.25, -0.2) is 0 Å². The Kier molecular flexibility index (Phi) is 8.68. The molecule has 7 nitrogen and oxygen atoms in total. The summed E-state index contributed by atoms with van der Waals surface area (Å²) in [6.45, 7) is 3.70. The SMILES string of the molecule is Cc1cccc(NC(=O)COc2c(Br)cc(/C=C(\C#N)C(=O)Nc3ccc(O)cc3)cc2Br)c1C. The van der Waals surface area contributed by atoms with Crippen LogP contribution >= 0.6 is 31.9 Å². The van der Waals surface area contributed by atoms with Crippen molar-refractivity contribution >= 4 is 61.1 Å². The number of aryl methyl sites for hydroxylation is 1. The maximum absolute atomic E-state index is 12.5. The molecule has 35 heavy (non-hydrogen) atoms. The quantitative estimate of drug-likeness (QED) is 0.173. The van der Waals surface area contributed by atoms with Crippen molar-refractivity contribution in [2.75, 3.05) is 17.2 Å². The summed E-state index contributed by atoms with van der Waals surface area (Å²) in [6.07, 6.45) is 1.43. The zero-order valence-corrected chi connectivity index (χ0v) is 22.0.